The van der Waals surface area contributed by atoms with Crippen molar-refractivity contribution >= 4 is 17.5 Å². The third-order valence-corrected chi connectivity index (χ3v) is 2.29. The fraction of sp³-hybridized carbons (Fsp3) is 0.364. The molecule has 0 aromatic heterocycles. The van der Waals surface area contributed by atoms with Crippen LogP contribution in [-0.4, -0.2) is 12.5 Å². The molecule has 0 saturated heterocycles. The molecule has 4 heteroatoms. The first-order valence-corrected chi connectivity index (χ1v) is 5.26. The molecule has 0 radical (unpaired) electrons. The predicted octanol–water partition coefficient (Wildman–Crippen LogP) is 3.01. The van der Waals surface area contributed by atoms with Crippen molar-refractivity contribution in [1.29, 1.82) is 0 Å². The van der Waals surface area contributed by atoms with Crippen LogP contribution in [0.25, 0.3) is 0 Å². The summed E-state index contributed by atoms with van der Waals surface area (Å²) in [6.07, 6.45) is 1.95. The highest BCUT2D eigenvalue weighted by Crippen LogP contribution is 2.15. The van der Waals surface area contributed by atoms with Crippen LogP contribution in [0.2, 0.25) is 5.02 Å². The van der Waals surface area contributed by atoms with Crippen LogP contribution >= 0.6 is 11.6 Å². The zero-order valence-electron chi connectivity index (χ0n) is 8.52. The van der Waals surface area contributed by atoms with Gasteiger partial charge in [-0.2, -0.15) is 0 Å². The van der Waals surface area contributed by atoms with E-state index in [4.69, 9.17) is 11.6 Å². The Kier molecular flexibility index (Phi) is 4.56. The van der Waals surface area contributed by atoms with Gasteiger partial charge in [-0.15, -0.1) is 0 Å². The first kappa shape index (κ1) is 12.0. The minimum atomic E-state index is -0.512. The summed E-state index contributed by atoms with van der Waals surface area (Å²) < 4.78 is 12.8. The first-order chi connectivity index (χ1) is 7.15. The molecule has 1 rings (SSSR count). The van der Waals surface area contributed by atoms with Gasteiger partial charge >= 0.3 is 0 Å². The summed E-state index contributed by atoms with van der Waals surface area (Å²) in [6.45, 7) is 2.67. The van der Waals surface area contributed by atoms with Crippen LogP contribution in [0.1, 0.15) is 30.1 Å². The Morgan fingerprint density at radius 1 is 1.53 bits per heavy atom. The lowest BCUT2D eigenvalue weighted by molar-refractivity contribution is 0.0953. The average Bonchev–Trinajstić information content (AvgIpc) is 2.22. The number of carbonyl (C=O) groups is 1. The molecule has 0 saturated carbocycles. The van der Waals surface area contributed by atoms with Gasteiger partial charge in [0.05, 0.1) is 5.02 Å². The average molecular weight is 230 g/mol. The maximum Gasteiger partial charge on any atom is 0.251 e. The molecule has 0 aliphatic carbocycles. The molecule has 0 bridgehead atoms. The quantitative estimate of drug-likeness (QED) is 0.791. The lowest BCUT2D eigenvalue weighted by Crippen LogP contribution is -2.24. The number of halogens is 2. The Hall–Kier alpha value is -1.09. The van der Waals surface area contributed by atoms with E-state index in [-0.39, 0.29) is 10.9 Å². The number of rotatable bonds is 4. The van der Waals surface area contributed by atoms with Crippen molar-refractivity contribution in [2.75, 3.05) is 6.54 Å². The highest BCUT2D eigenvalue weighted by atomic mass is 35.5. The standard InChI is InChI=1S/C11H13ClFNO/c1-2-3-6-14-11(15)8-4-5-10(13)9(12)7-8/h4-5,7H,2-3,6H2,1H3,(H,14,15). The Morgan fingerprint density at radius 3 is 2.87 bits per heavy atom. The maximum atomic E-state index is 12.8. The highest BCUT2D eigenvalue weighted by Gasteiger charge is 2.07. The number of unbranched alkanes of at least 4 members (excludes halogenated alkanes) is 1. The molecule has 2 nitrogen and oxygen atoms in total. The minimum absolute atomic E-state index is 0.0295. The molecule has 0 spiro atoms. The van der Waals surface area contributed by atoms with Gasteiger partial charge in [0.2, 0.25) is 0 Å². The molecule has 0 fully saturated rings. The maximum absolute atomic E-state index is 12.8. The van der Waals surface area contributed by atoms with Gasteiger partial charge in [0.15, 0.2) is 0 Å². The van der Waals surface area contributed by atoms with Crippen LogP contribution < -0.4 is 5.32 Å². The van der Waals surface area contributed by atoms with Crippen molar-refractivity contribution in [2.45, 2.75) is 19.8 Å². The number of carbonyl (C=O) groups excluding carboxylic acids is 1. The van der Waals surface area contributed by atoms with E-state index in [1.807, 2.05) is 6.92 Å². The number of hydrogen-bond acceptors (Lipinski definition) is 1. The molecule has 1 aromatic carbocycles. The van der Waals surface area contributed by atoms with Crippen LogP contribution in [0.4, 0.5) is 4.39 Å². The fourth-order valence-corrected chi connectivity index (χ4v) is 1.30. The van der Waals surface area contributed by atoms with Gasteiger partial charge in [-0.3, -0.25) is 4.79 Å². The summed E-state index contributed by atoms with van der Waals surface area (Å²) >= 11 is 5.56. The number of benzene rings is 1. The number of nitrogens with one attached hydrogen (secondary N) is 1. The molecule has 15 heavy (non-hydrogen) atoms. The number of hydrogen-bond donors (Lipinski definition) is 1. The van der Waals surface area contributed by atoms with Crippen molar-refractivity contribution in [3.63, 3.8) is 0 Å². The lowest BCUT2D eigenvalue weighted by atomic mass is 10.2. The predicted molar refractivity (Wildman–Crippen MR) is 58.7 cm³/mol. The SMILES string of the molecule is CCCCNC(=O)c1ccc(F)c(Cl)c1. The summed E-state index contributed by atoms with van der Waals surface area (Å²) in [5.41, 5.74) is 0.387. The van der Waals surface area contributed by atoms with Gasteiger partial charge in [-0.25, -0.2) is 4.39 Å². The van der Waals surface area contributed by atoms with E-state index in [0.717, 1.165) is 12.8 Å². The second-order valence-electron chi connectivity index (χ2n) is 3.24. The smallest absolute Gasteiger partial charge is 0.251 e. The van der Waals surface area contributed by atoms with Crippen LogP contribution in [0.5, 0.6) is 0 Å². The fourth-order valence-electron chi connectivity index (χ4n) is 1.12. The molecule has 1 N–H and O–H groups in total. The Balaban J connectivity index is 2.62. The Bertz CT molecular complexity index is 354. The lowest BCUT2D eigenvalue weighted by Gasteiger charge is -2.04. The van der Waals surface area contributed by atoms with Crippen molar-refractivity contribution in [3.8, 4) is 0 Å². The third kappa shape index (κ3) is 3.51. The highest BCUT2D eigenvalue weighted by molar-refractivity contribution is 6.31. The Morgan fingerprint density at radius 2 is 2.27 bits per heavy atom. The molecule has 0 heterocycles. The Labute approximate surface area is 93.4 Å². The van der Waals surface area contributed by atoms with Gasteiger partial charge in [0, 0.05) is 12.1 Å². The molecular formula is C11H13ClFNO. The van der Waals surface area contributed by atoms with Crippen molar-refractivity contribution in [2.24, 2.45) is 0 Å². The van der Waals surface area contributed by atoms with Gasteiger partial charge in [-0.1, -0.05) is 24.9 Å². The third-order valence-electron chi connectivity index (χ3n) is 2.00. The second-order valence-corrected chi connectivity index (χ2v) is 3.65. The number of amides is 1. The van der Waals surface area contributed by atoms with Crippen molar-refractivity contribution < 1.29 is 9.18 Å². The van der Waals surface area contributed by atoms with Gasteiger partial charge < -0.3 is 5.32 Å². The molecular weight excluding hydrogens is 217 g/mol. The molecule has 1 amide bonds. The summed E-state index contributed by atoms with van der Waals surface area (Å²) in [7, 11) is 0. The van der Waals surface area contributed by atoms with Gasteiger partial charge in [0.25, 0.3) is 5.91 Å². The molecule has 1 aromatic rings. The normalized spacial score (nSPS) is 10.1. The summed E-state index contributed by atoms with van der Waals surface area (Å²) in [6, 6.07) is 3.94. The van der Waals surface area contributed by atoms with E-state index in [0.29, 0.717) is 12.1 Å². The molecule has 0 atom stereocenters. The van der Waals surface area contributed by atoms with E-state index < -0.39 is 5.82 Å². The summed E-state index contributed by atoms with van der Waals surface area (Å²) in [5.74, 6) is -0.730. The van der Waals surface area contributed by atoms with Gasteiger partial charge in [0.1, 0.15) is 5.82 Å². The van der Waals surface area contributed by atoms with E-state index >= 15 is 0 Å². The van der Waals surface area contributed by atoms with Crippen LogP contribution in [-0.2, 0) is 0 Å². The van der Waals surface area contributed by atoms with E-state index in [1.165, 1.54) is 18.2 Å². The minimum Gasteiger partial charge on any atom is -0.352 e. The van der Waals surface area contributed by atoms with Crippen LogP contribution in [0.15, 0.2) is 18.2 Å². The monoisotopic (exact) mass is 229 g/mol. The molecule has 0 aliphatic rings. The molecule has 82 valence electrons. The van der Waals surface area contributed by atoms with Crippen LogP contribution in [0, 0.1) is 5.82 Å². The van der Waals surface area contributed by atoms with E-state index in [1.54, 1.807) is 0 Å². The topological polar surface area (TPSA) is 29.1 Å². The zero-order chi connectivity index (χ0) is 11.3. The van der Waals surface area contributed by atoms with Crippen molar-refractivity contribution in [3.05, 3.63) is 34.6 Å². The van der Waals surface area contributed by atoms with E-state index in [2.05, 4.69) is 5.32 Å². The van der Waals surface area contributed by atoms with Gasteiger partial charge in [-0.05, 0) is 24.6 Å². The molecule has 0 aliphatic heterocycles. The largest absolute Gasteiger partial charge is 0.352 e. The second kappa shape index (κ2) is 5.71. The van der Waals surface area contributed by atoms with E-state index in [9.17, 15) is 9.18 Å². The van der Waals surface area contributed by atoms with Crippen LogP contribution in [0.3, 0.4) is 0 Å². The first-order valence-electron chi connectivity index (χ1n) is 4.88. The summed E-state index contributed by atoms with van der Waals surface area (Å²) in [5, 5.41) is 2.70. The zero-order valence-corrected chi connectivity index (χ0v) is 9.27. The van der Waals surface area contributed by atoms with Crippen molar-refractivity contribution in [1.82, 2.24) is 5.32 Å². The summed E-state index contributed by atoms with van der Waals surface area (Å²) in [4.78, 5) is 11.5. The molecule has 0 unspecified atom stereocenters.